The third-order valence-electron chi connectivity index (χ3n) is 8.55. The molecule has 39 heavy (non-hydrogen) atoms. The number of hydrogen-bond acceptors (Lipinski definition) is 2. The standard InChI is InChI=1S/C30H37F7O2/c1-2-3-19-4-6-21(7-5-19)22-8-10-23(11-9-22)30(36,37)39-25-14-12-24(13-15-25)38-18-20-16-26(31)28(27(32)17-20)29(33,34)35/h2-4,6,16-17,19,21-25H,5,7-15,18H2,1H3/b3-2+. The second kappa shape index (κ2) is 12.8. The van der Waals surface area contributed by atoms with E-state index in [9.17, 15) is 22.0 Å². The molecule has 2 saturated carbocycles. The normalized spacial score (nSPS) is 30.7. The first-order chi connectivity index (χ1) is 18.5. The first-order valence-electron chi connectivity index (χ1n) is 14.0. The van der Waals surface area contributed by atoms with Crippen molar-refractivity contribution in [2.45, 2.75) is 102 Å². The highest BCUT2D eigenvalue weighted by molar-refractivity contribution is 5.28. The van der Waals surface area contributed by atoms with Gasteiger partial charge in [-0.2, -0.15) is 22.0 Å². The number of alkyl halides is 5. The Morgan fingerprint density at radius 1 is 0.795 bits per heavy atom. The van der Waals surface area contributed by atoms with Gasteiger partial charge in [0.25, 0.3) is 0 Å². The molecule has 2 atom stereocenters. The summed E-state index contributed by atoms with van der Waals surface area (Å²) in [6.07, 6.45) is 5.69. The Hall–Kier alpha value is -1.87. The SMILES string of the molecule is C/C=C/C1C=CC(C2CCC(C(F)(F)OC3CCC(OCc4cc(F)c(C(F)(F)F)c(F)c4)CC3)CC2)CC1. The minimum absolute atomic E-state index is 0.0557. The molecule has 2 fully saturated rings. The minimum atomic E-state index is -5.13. The number of rotatable bonds is 8. The summed E-state index contributed by atoms with van der Waals surface area (Å²) in [5, 5.41) is 0. The van der Waals surface area contributed by atoms with Gasteiger partial charge < -0.3 is 9.47 Å². The first-order valence-corrected chi connectivity index (χ1v) is 14.0. The summed E-state index contributed by atoms with van der Waals surface area (Å²) in [5.74, 6) is -2.79. The van der Waals surface area contributed by atoms with Gasteiger partial charge in [-0.3, -0.25) is 0 Å². The Balaban J connectivity index is 1.19. The fraction of sp³-hybridized carbons (Fsp3) is 0.667. The van der Waals surface area contributed by atoms with Gasteiger partial charge in [0.15, 0.2) is 0 Å². The third kappa shape index (κ3) is 7.87. The highest BCUT2D eigenvalue weighted by atomic mass is 19.4. The van der Waals surface area contributed by atoms with E-state index in [2.05, 4.69) is 24.3 Å². The molecule has 0 radical (unpaired) electrons. The summed E-state index contributed by atoms with van der Waals surface area (Å²) in [6, 6.07) is 1.22. The van der Waals surface area contributed by atoms with Crippen LogP contribution in [0.4, 0.5) is 30.7 Å². The second-order valence-corrected chi connectivity index (χ2v) is 11.2. The number of hydrogen-bond donors (Lipinski definition) is 0. The van der Waals surface area contributed by atoms with Crippen molar-refractivity contribution >= 4 is 0 Å². The quantitative estimate of drug-likeness (QED) is 0.232. The van der Waals surface area contributed by atoms with Crippen LogP contribution in [0.15, 0.2) is 36.4 Å². The lowest BCUT2D eigenvalue weighted by Gasteiger charge is -2.39. The predicted molar refractivity (Wildman–Crippen MR) is 134 cm³/mol. The number of allylic oxidation sites excluding steroid dienone is 4. The van der Waals surface area contributed by atoms with E-state index < -0.39 is 41.5 Å². The van der Waals surface area contributed by atoms with Crippen LogP contribution in [-0.4, -0.2) is 18.3 Å². The molecule has 0 heterocycles. The lowest BCUT2D eigenvalue weighted by molar-refractivity contribution is -0.303. The lowest BCUT2D eigenvalue weighted by Crippen LogP contribution is -2.40. The summed E-state index contributed by atoms with van der Waals surface area (Å²) in [6.45, 7) is 1.75. The average molecular weight is 563 g/mol. The maximum absolute atomic E-state index is 15.0. The molecule has 1 aromatic carbocycles. The molecule has 0 N–H and O–H groups in total. The molecule has 3 aliphatic carbocycles. The van der Waals surface area contributed by atoms with E-state index in [-0.39, 0.29) is 18.3 Å². The highest BCUT2D eigenvalue weighted by Crippen LogP contribution is 2.45. The number of benzene rings is 1. The topological polar surface area (TPSA) is 18.5 Å². The Labute approximate surface area is 225 Å². The van der Waals surface area contributed by atoms with Crippen molar-refractivity contribution in [2.24, 2.45) is 23.7 Å². The van der Waals surface area contributed by atoms with E-state index in [0.717, 1.165) is 25.7 Å². The zero-order chi connectivity index (χ0) is 28.2. The van der Waals surface area contributed by atoms with Gasteiger partial charge in [0.05, 0.1) is 24.7 Å². The highest BCUT2D eigenvalue weighted by Gasteiger charge is 2.45. The summed E-state index contributed by atoms with van der Waals surface area (Å²) in [4.78, 5) is 0. The predicted octanol–water partition coefficient (Wildman–Crippen LogP) is 9.39. The van der Waals surface area contributed by atoms with Crippen molar-refractivity contribution in [3.05, 3.63) is 59.2 Å². The molecule has 3 aliphatic rings. The number of halogens is 7. The molecular weight excluding hydrogens is 525 g/mol. The van der Waals surface area contributed by atoms with Crippen LogP contribution in [0.25, 0.3) is 0 Å². The molecule has 1 aromatic rings. The van der Waals surface area contributed by atoms with Crippen molar-refractivity contribution < 1.29 is 40.2 Å². The van der Waals surface area contributed by atoms with Crippen LogP contribution in [0.2, 0.25) is 0 Å². The Kier molecular flexibility index (Phi) is 9.84. The van der Waals surface area contributed by atoms with Crippen LogP contribution in [0.5, 0.6) is 0 Å². The molecule has 0 aliphatic heterocycles. The zero-order valence-electron chi connectivity index (χ0n) is 22.2. The van der Waals surface area contributed by atoms with E-state index in [4.69, 9.17) is 9.47 Å². The first kappa shape index (κ1) is 30.1. The molecule has 9 heteroatoms. The van der Waals surface area contributed by atoms with Crippen LogP contribution in [0.1, 0.15) is 82.3 Å². The van der Waals surface area contributed by atoms with Gasteiger partial charge in [0.1, 0.15) is 17.2 Å². The van der Waals surface area contributed by atoms with Crippen LogP contribution < -0.4 is 0 Å². The smallest absolute Gasteiger partial charge is 0.374 e. The van der Waals surface area contributed by atoms with Crippen molar-refractivity contribution in [1.29, 1.82) is 0 Å². The monoisotopic (exact) mass is 562 g/mol. The molecule has 4 rings (SSSR count). The van der Waals surface area contributed by atoms with E-state index >= 15 is 8.78 Å². The van der Waals surface area contributed by atoms with E-state index in [0.29, 0.717) is 68.4 Å². The summed E-state index contributed by atoms with van der Waals surface area (Å²) >= 11 is 0. The van der Waals surface area contributed by atoms with Crippen LogP contribution in [0.3, 0.4) is 0 Å². The molecule has 0 spiro atoms. The summed E-state index contributed by atoms with van der Waals surface area (Å²) < 4.78 is 107. The average Bonchev–Trinajstić information content (AvgIpc) is 2.88. The van der Waals surface area contributed by atoms with Gasteiger partial charge in [-0.15, -0.1) is 0 Å². The fourth-order valence-corrected chi connectivity index (χ4v) is 6.38. The molecule has 2 unspecified atom stereocenters. The fourth-order valence-electron chi connectivity index (χ4n) is 6.38. The van der Waals surface area contributed by atoms with E-state index in [1.807, 2.05) is 6.92 Å². The maximum atomic E-state index is 15.0. The van der Waals surface area contributed by atoms with Gasteiger partial charge in [-0.05, 0) is 107 Å². The van der Waals surface area contributed by atoms with E-state index in [1.165, 1.54) is 0 Å². The van der Waals surface area contributed by atoms with Crippen molar-refractivity contribution in [3.8, 4) is 0 Å². The van der Waals surface area contributed by atoms with Crippen molar-refractivity contribution in [1.82, 2.24) is 0 Å². The zero-order valence-corrected chi connectivity index (χ0v) is 22.2. The minimum Gasteiger partial charge on any atom is -0.374 e. The Morgan fingerprint density at radius 3 is 1.95 bits per heavy atom. The van der Waals surface area contributed by atoms with Crippen molar-refractivity contribution in [3.63, 3.8) is 0 Å². The van der Waals surface area contributed by atoms with Gasteiger partial charge in [-0.1, -0.05) is 24.3 Å². The molecular formula is C30H37F7O2. The molecule has 0 aromatic heterocycles. The molecule has 0 saturated heterocycles. The van der Waals surface area contributed by atoms with Crippen LogP contribution >= 0.6 is 0 Å². The maximum Gasteiger partial charge on any atom is 0.422 e. The lowest BCUT2D eigenvalue weighted by atomic mass is 9.71. The van der Waals surface area contributed by atoms with Gasteiger partial charge in [0.2, 0.25) is 0 Å². The Morgan fingerprint density at radius 2 is 1.41 bits per heavy atom. The van der Waals surface area contributed by atoms with E-state index in [1.54, 1.807) is 0 Å². The third-order valence-corrected chi connectivity index (χ3v) is 8.55. The number of ether oxygens (including phenoxy) is 2. The molecule has 0 amide bonds. The molecule has 218 valence electrons. The Bertz CT molecular complexity index is 980. The van der Waals surface area contributed by atoms with Gasteiger partial charge >= 0.3 is 12.3 Å². The summed E-state index contributed by atoms with van der Waals surface area (Å²) in [7, 11) is 0. The molecule has 0 bridgehead atoms. The second-order valence-electron chi connectivity index (χ2n) is 11.2. The summed E-state index contributed by atoms with van der Waals surface area (Å²) in [5.41, 5.74) is -1.98. The van der Waals surface area contributed by atoms with Crippen LogP contribution in [0, 0.1) is 35.3 Å². The molecule has 2 nitrogen and oxygen atoms in total. The van der Waals surface area contributed by atoms with Crippen LogP contribution in [-0.2, 0) is 22.3 Å². The van der Waals surface area contributed by atoms with Crippen molar-refractivity contribution in [2.75, 3.05) is 0 Å². The van der Waals surface area contributed by atoms with Gasteiger partial charge in [0, 0.05) is 0 Å². The largest absolute Gasteiger partial charge is 0.422 e. The van der Waals surface area contributed by atoms with Gasteiger partial charge in [-0.25, -0.2) is 8.78 Å².